The van der Waals surface area contributed by atoms with Crippen molar-refractivity contribution in [2.45, 2.75) is 149 Å². The summed E-state index contributed by atoms with van der Waals surface area (Å²) in [4.78, 5) is 23.6. The van der Waals surface area contributed by atoms with Crippen LogP contribution in [-0.4, -0.2) is 24.6 Å². The summed E-state index contributed by atoms with van der Waals surface area (Å²) in [5, 5.41) is 0. The largest absolute Gasteiger partial charge is 0.466 e. The van der Waals surface area contributed by atoms with E-state index in [9.17, 15) is 9.59 Å². The second kappa shape index (κ2) is 22.6. The van der Waals surface area contributed by atoms with E-state index < -0.39 is 0 Å². The Balaban J connectivity index is 3.40. The Morgan fingerprint density at radius 2 is 1.10 bits per heavy atom. The third-order valence-electron chi connectivity index (χ3n) is 5.66. The molecule has 1 atom stereocenters. The van der Waals surface area contributed by atoms with Crippen molar-refractivity contribution < 1.29 is 19.1 Å². The standard InChI is InChI=1S/C26H50O4/c1-4-7-9-10-13-16-19-23-29-25(27)21-17-14-11-12-15-18-22-26(28)30-24(6-3)20-8-5-2/h24H,4-23H2,1-3H3. The van der Waals surface area contributed by atoms with Gasteiger partial charge in [-0.2, -0.15) is 0 Å². The summed E-state index contributed by atoms with van der Waals surface area (Å²) in [5.41, 5.74) is 0. The number of ether oxygens (including phenoxy) is 2. The molecule has 0 spiro atoms. The maximum atomic E-state index is 11.9. The molecule has 0 amide bonds. The second-order valence-electron chi connectivity index (χ2n) is 8.63. The molecule has 0 aromatic carbocycles. The van der Waals surface area contributed by atoms with Crippen LogP contribution in [-0.2, 0) is 19.1 Å². The van der Waals surface area contributed by atoms with Gasteiger partial charge in [0.25, 0.3) is 0 Å². The van der Waals surface area contributed by atoms with Crippen LogP contribution in [0.25, 0.3) is 0 Å². The van der Waals surface area contributed by atoms with Gasteiger partial charge in [0.1, 0.15) is 6.10 Å². The predicted octanol–water partition coefficient (Wildman–Crippen LogP) is 7.91. The summed E-state index contributed by atoms with van der Waals surface area (Å²) < 4.78 is 10.9. The first-order valence-electron chi connectivity index (χ1n) is 13.0. The lowest BCUT2D eigenvalue weighted by Gasteiger charge is -2.15. The van der Waals surface area contributed by atoms with E-state index in [2.05, 4.69) is 20.8 Å². The maximum Gasteiger partial charge on any atom is 0.306 e. The zero-order valence-corrected chi connectivity index (χ0v) is 20.4. The molecule has 0 saturated heterocycles. The highest BCUT2D eigenvalue weighted by Crippen LogP contribution is 2.13. The predicted molar refractivity (Wildman–Crippen MR) is 126 cm³/mol. The van der Waals surface area contributed by atoms with Crippen molar-refractivity contribution in [2.24, 2.45) is 0 Å². The third-order valence-corrected chi connectivity index (χ3v) is 5.66. The number of unbranched alkanes of at least 4 members (excludes halogenated alkanes) is 12. The first-order chi connectivity index (χ1) is 14.6. The Morgan fingerprint density at radius 3 is 1.67 bits per heavy atom. The molecule has 1 unspecified atom stereocenters. The molecule has 0 aliphatic carbocycles. The van der Waals surface area contributed by atoms with Crippen LogP contribution in [0.2, 0.25) is 0 Å². The summed E-state index contributed by atoms with van der Waals surface area (Å²) >= 11 is 0. The summed E-state index contributed by atoms with van der Waals surface area (Å²) in [6, 6.07) is 0. The molecule has 0 aliphatic heterocycles. The first-order valence-corrected chi connectivity index (χ1v) is 13.0. The lowest BCUT2D eigenvalue weighted by molar-refractivity contribution is -0.149. The molecule has 0 radical (unpaired) electrons. The number of rotatable bonds is 22. The van der Waals surface area contributed by atoms with Crippen LogP contribution in [0.3, 0.4) is 0 Å². The number of hydrogen-bond acceptors (Lipinski definition) is 4. The monoisotopic (exact) mass is 426 g/mol. The van der Waals surface area contributed by atoms with E-state index in [1.54, 1.807) is 0 Å². The highest BCUT2D eigenvalue weighted by atomic mass is 16.5. The van der Waals surface area contributed by atoms with Crippen molar-refractivity contribution in [3.63, 3.8) is 0 Å². The molecule has 0 aliphatic rings. The third kappa shape index (κ3) is 20.2. The molecule has 0 heterocycles. The van der Waals surface area contributed by atoms with Gasteiger partial charge in [0.05, 0.1) is 6.61 Å². The van der Waals surface area contributed by atoms with Crippen molar-refractivity contribution in [3.05, 3.63) is 0 Å². The van der Waals surface area contributed by atoms with Crippen molar-refractivity contribution in [2.75, 3.05) is 6.61 Å². The van der Waals surface area contributed by atoms with Crippen LogP contribution < -0.4 is 0 Å². The SMILES string of the molecule is CCCCCCCCCOC(=O)CCCCCCCCC(=O)OC(CC)CCCC. The van der Waals surface area contributed by atoms with Crippen molar-refractivity contribution in [1.82, 2.24) is 0 Å². The molecule has 0 rings (SSSR count). The average Bonchev–Trinajstić information content (AvgIpc) is 2.74. The highest BCUT2D eigenvalue weighted by molar-refractivity contribution is 5.69. The van der Waals surface area contributed by atoms with Gasteiger partial charge >= 0.3 is 11.9 Å². The molecule has 30 heavy (non-hydrogen) atoms. The van der Waals surface area contributed by atoms with Crippen molar-refractivity contribution in [3.8, 4) is 0 Å². The van der Waals surface area contributed by atoms with Crippen molar-refractivity contribution >= 4 is 11.9 Å². The average molecular weight is 427 g/mol. The Bertz CT molecular complexity index is 394. The van der Waals surface area contributed by atoms with Gasteiger partial charge in [-0.25, -0.2) is 0 Å². The maximum absolute atomic E-state index is 11.9. The van der Waals surface area contributed by atoms with E-state index >= 15 is 0 Å². The molecular weight excluding hydrogens is 376 g/mol. The smallest absolute Gasteiger partial charge is 0.306 e. The fourth-order valence-electron chi connectivity index (χ4n) is 3.59. The lowest BCUT2D eigenvalue weighted by Crippen LogP contribution is -2.17. The number of esters is 2. The van der Waals surface area contributed by atoms with Crippen LogP contribution in [0.15, 0.2) is 0 Å². The summed E-state index contributed by atoms with van der Waals surface area (Å²) in [6.45, 7) is 7.06. The van der Waals surface area contributed by atoms with E-state index in [4.69, 9.17) is 9.47 Å². The molecule has 0 aromatic rings. The number of carbonyl (C=O) groups is 2. The molecule has 0 saturated carbocycles. The quantitative estimate of drug-likeness (QED) is 0.130. The second-order valence-corrected chi connectivity index (χ2v) is 8.63. The lowest BCUT2D eigenvalue weighted by atomic mass is 10.1. The fourth-order valence-corrected chi connectivity index (χ4v) is 3.59. The van der Waals surface area contributed by atoms with E-state index in [0.717, 1.165) is 70.6 Å². The number of carbonyl (C=O) groups excluding carboxylic acids is 2. The van der Waals surface area contributed by atoms with Gasteiger partial charge in [0.2, 0.25) is 0 Å². The Kier molecular flexibility index (Phi) is 21.8. The van der Waals surface area contributed by atoms with Gasteiger partial charge in [-0.15, -0.1) is 0 Å². The topological polar surface area (TPSA) is 52.6 Å². The summed E-state index contributed by atoms with van der Waals surface area (Å²) in [5.74, 6) is -0.0843. The Morgan fingerprint density at radius 1 is 0.600 bits per heavy atom. The van der Waals surface area contributed by atoms with Crippen LogP contribution in [0, 0.1) is 0 Å². The van der Waals surface area contributed by atoms with Crippen molar-refractivity contribution in [1.29, 1.82) is 0 Å². The van der Waals surface area contributed by atoms with Crippen LogP contribution in [0.1, 0.15) is 143 Å². The van der Waals surface area contributed by atoms with E-state index in [1.165, 1.54) is 38.5 Å². The molecule has 0 bridgehead atoms. The molecule has 178 valence electrons. The van der Waals surface area contributed by atoms with E-state index in [-0.39, 0.29) is 18.0 Å². The molecule has 0 fully saturated rings. The summed E-state index contributed by atoms with van der Waals surface area (Å²) in [7, 11) is 0. The number of hydrogen-bond donors (Lipinski definition) is 0. The van der Waals surface area contributed by atoms with Crippen LogP contribution in [0.4, 0.5) is 0 Å². The minimum atomic E-state index is -0.0442. The highest BCUT2D eigenvalue weighted by Gasteiger charge is 2.11. The van der Waals surface area contributed by atoms with Crippen LogP contribution in [0.5, 0.6) is 0 Å². The zero-order valence-electron chi connectivity index (χ0n) is 20.4. The summed E-state index contributed by atoms with van der Waals surface area (Å²) in [6.07, 6.45) is 20.2. The minimum absolute atomic E-state index is 0.0401. The van der Waals surface area contributed by atoms with Gasteiger partial charge in [0, 0.05) is 12.8 Å². The normalized spacial score (nSPS) is 12.0. The van der Waals surface area contributed by atoms with Crippen LogP contribution >= 0.6 is 0 Å². The molecule has 0 aromatic heterocycles. The fraction of sp³-hybridized carbons (Fsp3) is 0.923. The van der Waals surface area contributed by atoms with Gasteiger partial charge < -0.3 is 9.47 Å². The van der Waals surface area contributed by atoms with Gasteiger partial charge in [0.15, 0.2) is 0 Å². The first kappa shape index (κ1) is 28.9. The Hall–Kier alpha value is -1.06. The van der Waals surface area contributed by atoms with Gasteiger partial charge in [-0.3, -0.25) is 9.59 Å². The Labute approximate surface area is 186 Å². The molecule has 4 heteroatoms. The van der Waals surface area contributed by atoms with E-state index in [0.29, 0.717) is 19.4 Å². The molecular formula is C26H50O4. The minimum Gasteiger partial charge on any atom is -0.466 e. The molecule has 0 N–H and O–H groups in total. The van der Waals surface area contributed by atoms with Gasteiger partial charge in [-0.1, -0.05) is 97.8 Å². The van der Waals surface area contributed by atoms with Gasteiger partial charge in [-0.05, 0) is 32.1 Å². The molecule has 4 nitrogen and oxygen atoms in total. The zero-order chi connectivity index (χ0) is 22.3. The van der Waals surface area contributed by atoms with E-state index in [1.807, 2.05) is 0 Å².